The van der Waals surface area contributed by atoms with Crippen molar-refractivity contribution in [3.8, 4) is 0 Å². The number of piperazine rings is 2. The molecule has 126 valence electrons. The van der Waals surface area contributed by atoms with E-state index in [4.69, 9.17) is 0 Å². The second-order valence-electron chi connectivity index (χ2n) is 7.26. The van der Waals surface area contributed by atoms with Gasteiger partial charge in [0, 0.05) is 51.7 Å². The fourth-order valence-electron chi connectivity index (χ4n) is 3.76. The zero-order valence-electron chi connectivity index (χ0n) is 14.4. The predicted octanol–water partition coefficient (Wildman–Crippen LogP) is 0.140. The van der Waals surface area contributed by atoms with Crippen molar-refractivity contribution in [1.29, 1.82) is 0 Å². The van der Waals surface area contributed by atoms with Gasteiger partial charge in [-0.25, -0.2) is 0 Å². The molecule has 2 saturated heterocycles. The second-order valence-corrected chi connectivity index (χ2v) is 7.26. The number of carbonyl (C=O) groups is 2. The van der Waals surface area contributed by atoms with Gasteiger partial charge in [0.15, 0.2) is 0 Å². The number of rotatable bonds is 4. The molecule has 2 aliphatic heterocycles. The van der Waals surface area contributed by atoms with Gasteiger partial charge in [-0.15, -0.1) is 0 Å². The molecular formula is C16H30N4O2. The number of hydrogen-bond acceptors (Lipinski definition) is 4. The highest BCUT2D eigenvalue weighted by Crippen LogP contribution is 2.24. The van der Waals surface area contributed by atoms with Gasteiger partial charge in [-0.3, -0.25) is 14.5 Å². The van der Waals surface area contributed by atoms with Crippen molar-refractivity contribution >= 4 is 11.8 Å². The molecule has 0 aliphatic carbocycles. The molecular weight excluding hydrogens is 280 g/mol. The third-order valence-electron chi connectivity index (χ3n) is 4.52. The summed E-state index contributed by atoms with van der Waals surface area (Å²) in [5.41, 5.74) is -0.179. The number of hydrogen-bond donors (Lipinski definition) is 1. The summed E-state index contributed by atoms with van der Waals surface area (Å²) in [7, 11) is 0. The van der Waals surface area contributed by atoms with Crippen LogP contribution in [0.25, 0.3) is 0 Å². The van der Waals surface area contributed by atoms with Crippen molar-refractivity contribution in [2.45, 2.75) is 45.7 Å². The summed E-state index contributed by atoms with van der Waals surface area (Å²) < 4.78 is 0. The van der Waals surface area contributed by atoms with Crippen LogP contribution in [0, 0.1) is 0 Å². The lowest BCUT2D eigenvalue weighted by atomic mass is 9.96. The summed E-state index contributed by atoms with van der Waals surface area (Å²) in [4.78, 5) is 30.6. The van der Waals surface area contributed by atoms with Gasteiger partial charge in [0.25, 0.3) is 0 Å². The molecule has 0 saturated carbocycles. The normalized spacial score (nSPS) is 23.2. The molecule has 0 aromatic rings. The van der Waals surface area contributed by atoms with Gasteiger partial charge in [0.2, 0.25) is 11.8 Å². The van der Waals surface area contributed by atoms with Crippen LogP contribution in [0.3, 0.4) is 0 Å². The molecule has 1 N–H and O–H groups in total. The van der Waals surface area contributed by atoms with Crippen molar-refractivity contribution in [3.63, 3.8) is 0 Å². The highest BCUT2D eigenvalue weighted by Gasteiger charge is 2.39. The van der Waals surface area contributed by atoms with Gasteiger partial charge in [-0.2, -0.15) is 0 Å². The quantitative estimate of drug-likeness (QED) is 0.802. The average Bonchev–Trinajstić information content (AvgIpc) is 2.43. The van der Waals surface area contributed by atoms with Gasteiger partial charge in [0.05, 0.1) is 12.1 Å². The first-order chi connectivity index (χ1) is 10.3. The zero-order valence-corrected chi connectivity index (χ0v) is 14.4. The van der Waals surface area contributed by atoms with Gasteiger partial charge in [0.1, 0.15) is 0 Å². The maximum absolute atomic E-state index is 12.4. The van der Waals surface area contributed by atoms with E-state index in [-0.39, 0.29) is 23.4 Å². The Balaban J connectivity index is 1.86. The van der Waals surface area contributed by atoms with Crippen LogP contribution in [0.1, 0.15) is 34.1 Å². The summed E-state index contributed by atoms with van der Waals surface area (Å²) in [5.74, 6) is 0.374. The Bertz CT molecular complexity index is 416. The molecule has 2 amide bonds. The fraction of sp³-hybridized carbons (Fsp3) is 0.875. The minimum Gasteiger partial charge on any atom is -0.340 e. The first-order valence-electron chi connectivity index (χ1n) is 8.34. The third-order valence-corrected chi connectivity index (χ3v) is 4.52. The molecule has 0 bridgehead atoms. The lowest BCUT2D eigenvalue weighted by molar-refractivity contribution is -0.148. The lowest BCUT2D eigenvalue weighted by Crippen LogP contribution is -2.64. The van der Waals surface area contributed by atoms with Gasteiger partial charge < -0.3 is 15.1 Å². The van der Waals surface area contributed by atoms with E-state index in [2.05, 4.69) is 37.9 Å². The SMILES string of the molecule is CC(C)N1C(=O)CN(CCC(=O)N2CCNCC2)CC1(C)C. The predicted molar refractivity (Wildman–Crippen MR) is 86.6 cm³/mol. The summed E-state index contributed by atoms with van der Waals surface area (Å²) in [6.07, 6.45) is 0.505. The molecule has 0 aromatic heterocycles. The van der Waals surface area contributed by atoms with Crippen molar-refractivity contribution in [2.75, 3.05) is 45.8 Å². The summed E-state index contributed by atoms with van der Waals surface area (Å²) in [5, 5.41) is 3.25. The van der Waals surface area contributed by atoms with Crippen LogP contribution >= 0.6 is 0 Å². The minimum atomic E-state index is -0.179. The van der Waals surface area contributed by atoms with Crippen molar-refractivity contribution in [3.05, 3.63) is 0 Å². The van der Waals surface area contributed by atoms with E-state index < -0.39 is 0 Å². The Morgan fingerprint density at radius 2 is 1.91 bits per heavy atom. The van der Waals surface area contributed by atoms with Crippen LogP contribution in [-0.4, -0.2) is 83.9 Å². The smallest absolute Gasteiger partial charge is 0.237 e. The first-order valence-corrected chi connectivity index (χ1v) is 8.34. The molecule has 6 heteroatoms. The Kier molecular flexibility index (Phi) is 5.45. The molecule has 0 unspecified atom stereocenters. The van der Waals surface area contributed by atoms with Gasteiger partial charge in [-0.1, -0.05) is 0 Å². The fourth-order valence-corrected chi connectivity index (χ4v) is 3.76. The summed E-state index contributed by atoms with van der Waals surface area (Å²) in [6.45, 7) is 13.6. The molecule has 2 heterocycles. The van der Waals surface area contributed by atoms with Gasteiger partial charge >= 0.3 is 0 Å². The van der Waals surface area contributed by atoms with Crippen molar-refractivity contribution < 1.29 is 9.59 Å². The zero-order chi connectivity index (χ0) is 16.3. The summed E-state index contributed by atoms with van der Waals surface area (Å²) in [6, 6.07) is 0.215. The lowest BCUT2D eigenvalue weighted by Gasteiger charge is -2.49. The first kappa shape index (κ1) is 17.2. The van der Waals surface area contributed by atoms with E-state index in [0.717, 1.165) is 32.7 Å². The van der Waals surface area contributed by atoms with Crippen LogP contribution in [-0.2, 0) is 9.59 Å². The second kappa shape index (κ2) is 6.96. The summed E-state index contributed by atoms with van der Waals surface area (Å²) >= 11 is 0. The van der Waals surface area contributed by atoms with Crippen molar-refractivity contribution in [1.82, 2.24) is 20.0 Å². The maximum atomic E-state index is 12.4. The van der Waals surface area contributed by atoms with Crippen LogP contribution in [0.4, 0.5) is 0 Å². The van der Waals surface area contributed by atoms with E-state index in [0.29, 0.717) is 19.5 Å². The van der Waals surface area contributed by atoms with Crippen molar-refractivity contribution in [2.24, 2.45) is 0 Å². The highest BCUT2D eigenvalue weighted by molar-refractivity contribution is 5.80. The molecule has 0 atom stereocenters. The van der Waals surface area contributed by atoms with Crippen LogP contribution in [0.5, 0.6) is 0 Å². The van der Waals surface area contributed by atoms with E-state index in [1.165, 1.54) is 0 Å². The highest BCUT2D eigenvalue weighted by atomic mass is 16.2. The van der Waals surface area contributed by atoms with E-state index in [9.17, 15) is 9.59 Å². The molecule has 2 fully saturated rings. The Morgan fingerprint density at radius 3 is 2.45 bits per heavy atom. The molecule has 6 nitrogen and oxygen atoms in total. The van der Waals surface area contributed by atoms with E-state index >= 15 is 0 Å². The average molecular weight is 310 g/mol. The monoisotopic (exact) mass is 310 g/mol. The molecule has 0 spiro atoms. The topological polar surface area (TPSA) is 55.9 Å². The number of amides is 2. The number of carbonyl (C=O) groups excluding carboxylic acids is 2. The molecule has 2 rings (SSSR count). The Hall–Kier alpha value is -1.14. The minimum absolute atomic E-state index is 0.167. The van der Waals surface area contributed by atoms with Gasteiger partial charge in [-0.05, 0) is 27.7 Å². The molecule has 0 aromatic carbocycles. The third kappa shape index (κ3) is 3.98. The number of nitrogens with one attached hydrogen (secondary N) is 1. The molecule has 22 heavy (non-hydrogen) atoms. The molecule has 0 radical (unpaired) electrons. The molecule has 2 aliphatic rings. The van der Waals surface area contributed by atoms with Crippen LogP contribution < -0.4 is 5.32 Å². The van der Waals surface area contributed by atoms with E-state index in [1.807, 2.05) is 9.80 Å². The largest absolute Gasteiger partial charge is 0.340 e. The van der Waals surface area contributed by atoms with E-state index in [1.54, 1.807) is 0 Å². The maximum Gasteiger partial charge on any atom is 0.237 e. The van der Waals surface area contributed by atoms with Crippen LogP contribution in [0.2, 0.25) is 0 Å². The Labute approximate surface area is 133 Å². The number of nitrogens with zero attached hydrogens (tertiary/aromatic N) is 3. The Morgan fingerprint density at radius 1 is 1.27 bits per heavy atom. The van der Waals surface area contributed by atoms with Crippen LogP contribution in [0.15, 0.2) is 0 Å². The standard InChI is InChI=1S/C16H30N4O2/c1-13(2)20-15(22)11-18(12-16(20,3)4)8-5-14(21)19-9-6-17-7-10-19/h13,17H,5-12H2,1-4H3.